The first kappa shape index (κ1) is 92.1. The van der Waals surface area contributed by atoms with Gasteiger partial charge in [-0.25, -0.2) is 0 Å². The van der Waals surface area contributed by atoms with E-state index in [1.54, 1.807) is 0 Å². The van der Waals surface area contributed by atoms with Crippen LogP contribution in [0.3, 0.4) is 0 Å². The predicted molar refractivity (Wildman–Crippen MR) is 0 cm³/mol. The molecule has 0 saturated carbocycles. The van der Waals surface area contributed by atoms with Crippen LogP contribution in [0.1, 0.15) is 0 Å². The Labute approximate surface area is 414 Å². The maximum Gasteiger partial charge on any atom is 0 e. The monoisotopic (exact) mass is 2190 g/mol. The van der Waals surface area contributed by atoms with Crippen LogP contribution in [0.5, 0.6) is 0 Å². The zero-order chi connectivity index (χ0) is 0. The molecule has 0 bridgehead atoms. The van der Waals surface area contributed by atoms with Crippen LogP contribution in [0.4, 0.5) is 0 Å². The first-order valence-corrected chi connectivity index (χ1v) is 0. The van der Waals surface area contributed by atoms with Gasteiger partial charge in [-0.15, -0.1) is 0 Å². The summed E-state index contributed by atoms with van der Waals surface area (Å²) in [7, 11) is 0. The van der Waals surface area contributed by atoms with Crippen LogP contribution < -0.4 is 0 Å². The van der Waals surface area contributed by atoms with Crippen molar-refractivity contribution >= 4 is 0 Å². The third kappa shape index (κ3) is 75.8. The van der Waals surface area contributed by atoms with Crippen molar-refractivity contribution in [2.45, 2.75) is 0 Å². The van der Waals surface area contributed by atoms with Gasteiger partial charge < -0.3 is 0 Å². The fraction of sp³-hybridized carbons (Fsp3) is 0. The molecule has 0 unspecified atom stereocenters. The molecule has 0 N–H and O–H groups in total. The Morgan fingerprint density at radius 1 is 0.154 bits per heavy atom. The van der Waals surface area contributed by atoms with E-state index in [1.807, 2.05) is 0 Å². The minimum absolute atomic E-state index is 0. The largest absolute Gasteiger partial charge is 0 e. The molecule has 0 nitrogen and oxygen atoms in total. The molecule has 0 saturated heterocycles. The topological polar surface area (TPSA) is 0 Å². The van der Waals surface area contributed by atoms with E-state index in [1.165, 1.54) is 0 Å². The molecule has 0 spiro atoms. The molecule has 0 rings (SSSR count). The van der Waals surface area contributed by atoms with Gasteiger partial charge in [0.1, 0.15) is 0 Å². The molecule has 0 aliphatic rings. The molecular formula is Cd7Th6. The van der Waals surface area contributed by atoms with Gasteiger partial charge in [0.15, 0.2) is 0 Å². The van der Waals surface area contributed by atoms with E-state index in [0.29, 0.717) is 0 Å². The van der Waals surface area contributed by atoms with Crippen LogP contribution in [0.25, 0.3) is 0 Å². The first-order valence-electron chi connectivity index (χ1n) is 0. The first-order chi connectivity index (χ1) is 0. The Hall–Kier alpha value is 14.4. The molecule has 0 fully saturated rings. The van der Waals surface area contributed by atoms with Crippen molar-refractivity contribution in [2.24, 2.45) is 0 Å². The summed E-state index contributed by atoms with van der Waals surface area (Å²) in [5.41, 5.74) is 0. The Balaban J connectivity index is 0. The molecule has 13 heteroatoms. The average molecular weight is 2180 g/mol. The van der Waals surface area contributed by atoms with Gasteiger partial charge in [0.25, 0.3) is 0 Å². The second-order valence-corrected chi connectivity index (χ2v) is 0. The summed E-state index contributed by atoms with van der Waals surface area (Å²) < 4.78 is 0. The maximum atomic E-state index is 0. The standard InChI is InChI=1S/7Cd.6Th. The van der Waals surface area contributed by atoms with E-state index in [-0.39, 0.29) is 431 Å². The van der Waals surface area contributed by atoms with Gasteiger partial charge >= 0.3 is 0 Å². The van der Waals surface area contributed by atoms with E-state index in [2.05, 4.69) is 0 Å². The molecular weight excluding hydrogens is 2180 g/mol. The summed E-state index contributed by atoms with van der Waals surface area (Å²) in [6, 6.07) is 0. The van der Waals surface area contributed by atoms with Gasteiger partial charge in [0.05, 0.1) is 0 Å². The molecule has 13 heavy (non-hydrogen) atoms. The average Bonchev–Trinajstić information content (AvgIpc) is 0. The number of hydrogen-bond acceptors (Lipinski definition) is 0. The van der Waals surface area contributed by atoms with Crippen molar-refractivity contribution < 1.29 is 431 Å². The molecule has 0 atom stereocenters. The third-order valence-electron chi connectivity index (χ3n) is 0. The van der Waals surface area contributed by atoms with Crippen LogP contribution in [-0.4, -0.2) is 0 Å². The van der Waals surface area contributed by atoms with E-state index in [0.717, 1.165) is 0 Å². The molecule has 0 aromatic rings. The second-order valence-electron chi connectivity index (χ2n) is 0. The smallest absolute Gasteiger partial charge is 0 e. The quantitative estimate of drug-likeness (QED) is 0.300. The van der Waals surface area contributed by atoms with Crippen molar-refractivity contribution in [1.82, 2.24) is 0 Å². The Bertz CT molecular complexity index is 12.9. The van der Waals surface area contributed by atoms with Crippen LogP contribution in [0, 0.1) is 240 Å². The summed E-state index contributed by atoms with van der Waals surface area (Å²) in [5, 5.41) is 0. The van der Waals surface area contributed by atoms with Crippen molar-refractivity contribution in [3.63, 3.8) is 0 Å². The van der Waals surface area contributed by atoms with Crippen molar-refractivity contribution in [3.05, 3.63) is 0 Å². The predicted octanol–water partition coefficient (Wildman–Crippen LogP) is -0.0175. The van der Waals surface area contributed by atoms with E-state index in [9.17, 15) is 0 Å². The Morgan fingerprint density at radius 2 is 0.154 bits per heavy atom. The normalized spacial score (nSPS) is 0. The van der Waals surface area contributed by atoms with Gasteiger partial charge in [0, 0.05) is 431 Å². The molecule has 0 aliphatic heterocycles. The minimum atomic E-state index is 0. The third-order valence-corrected chi connectivity index (χ3v) is 0. The van der Waals surface area contributed by atoms with Crippen molar-refractivity contribution in [3.8, 4) is 0 Å². The molecule has 0 aromatic carbocycles. The van der Waals surface area contributed by atoms with Gasteiger partial charge in [0.2, 0.25) is 0 Å². The summed E-state index contributed by atoms with van der Waals surface area (Å²) >= 11 is 0. The van der Waals surface area contributed by atoms with Gasteiger partial charge in [-0.1, -0.05) is 0 Å². The van der Waals surface area contributed by atoms with Crippen LogP contribution >= 0.6 is 0 Å². The molecule has 0 aliphatic carbocycles. The zero-order valence-corrected chi connectivity index (χ0v) is 60.9. The van der Waals surface area contributed by atoms with Gasteiger partial charge in [-0.2, -0.15) is 0 Å². The molecule has 0 radical (unpaired) electrons. The fourth-order valence-electron chi connectivity index (χ4n) is 0. The number of hydrogen-bond donors (Lipinski definition) is 0. The van der Waals surface area contributed by atoms with Crippen LogP contribution in [0.2, 0.25) is 0 Å². The van der Waals surface area contributed by atoms with Crippen LogP contribution in [0.15, 0.2) is 0 Å². The minimum Gasteiger partial charge on any atom is 0 e. The summed E-state index contributed by atoms with van der Waals surface area (Å²) in [4.78, 5) is 0. The molecule has 0 heterocycles. The van der Waals surface area contributed by atoms with E-state index < -0.39 is 0 Å². The number of rotatable bonds is 0. The van der Waals surface area contributed by atoms with Crippen molar-refractivity contribution in [1.29, 1.82) is 0 Å². The Morgan fingerprint density at radius 3 is 0.154 bits per heavy atom. The maximum absolute atomic E-state index is 0. The summed E-state index contributed by atoms with van der Waals surface area (Å²) in [5.74, 6) is 0. The summed E-state index contributed by atoms with van der Waals surface area (Å²) in [6.45, 7) is 0. The summed E-state index contributed by atoms with van der Waals surface area (Å²) in [6.07, 6.45) is 0. The SMILES string of the molecule is [Cd].[Cd].[Cd].[Cd].[Cd].[Cd].[Cd].[Th].[Th].[Th].[Th].[Th].[Th]. The molecule has 0 aromatic heterocycles. The van der Waals surface area contributed by atoms with Crippen LogP contribution in [-0.2, 0) is 191 Å². The van der Waals surface area contributed by atoms with Gasteiger partial charge in [-0.05, 0) is 0 Å². The molecule has 0 amide bonds. The second kappa shape index (κ2) is 82.1. The fourth-order valence-corrected chi connectivity index (χ4v) is 0. The Kier molecular flexibility index (Phi) is 582. The van der Waals surface area contributed by atoms with E-state index >= 15 is 0 Å². The van der Waals surface area contributed by atoms with Crippen molar-refractivity contribution in [2.75, 3.05) is 0 Å². The van der Waals surface area contributed by atoms with Gasteiger partial charge in [-0.3, -0.25) is 0 Å². The zero-order valence-electron chi connectivity index (χ0n) is 7.95. The molecule has 38 valence electrons. The van der Waals surface area contributed by atoms with E-state index in [4.69, 9.17) is 0 Å².